The van der Waals surface area contributed by atoms with Crippen LogP contribution in [0.2, 0.25) is 0 Å². The summed E-state index contributed by atoms with van der Waals surface area (Å²) in [6.45, 7) is 8.73. The number of aliphatic hydroxyl groups is 1. The van der Waals surface area contributed by atoms with Crippen molar-refractivity contribution in [2.24, 2.45) is 46.4 Å². The number of hydrogen-bond donors (Lipinski definition) is 18. The molecule has 1 aromatic heterocycles. The summed E-state index contributed by atoms with van der Waals surface area (Å²) in [7, 11) is 2.53. The van der Waals surface area contributed by atoms with Gasteiger partial charge < -0.3 is 112 Å². The van der Waals surface area contributed by atoms with Crippen molar-refractivity contribution in [1.82, 2.24) is 68.0 Å². The summed E-state index contributed by atoms with van der Waals surface area (Å²) >= 11 is 0. The van der Waals surface area contributed by atoms with Crippen LogP contribution in [0.4, 0.5) is 0 Å². The van der Waals surface area contributed by atoms with Crippen LogP contribution in [0.1, 0.15) is 155 Å². The first kappa shape index (κ1) is 94.7. The first-order valence-electron chi connectivity index (χ1n) is 38.3. The van der Waals surface area contributed by atoms with Crippen molar-refractivity contribution in [3.8, 4) is 0 Å². The number of aliphatic carboxylic acids is 1. The molecule has 23 N–H and O–H groups in total. The predicted octanol–water partition coefficient (Wildman–Crippen LogP) is -2.85. The summed E-state index contributed by atoms with van der Waals surface area (Å²) in [6, 6.07) is -2.77. The van der Waals surface area contributed by atoms with Gasteiger partial charge in [0.2, 0.25) is 82.7 Å². The van der Waals surface area contributed by atoms with Crippen molar-refractivity contribution in [3.05, 3.63) is 71.9 Å². The van der Waals surface area contributed by atoms with Crippen molar-refractivity contribution < 1.29 is 91.7 Å². The average molecular weight is 1590 g/mol. The molecule has 0 spiro atoms. The molecule has 1 fully saturated rings. The number of H-pyrrole nitrogens is 1. The number of carbonyl (C=O) groups excluding carboxylic acids is 15. The average Bonchev–Trinajstić information content (AvgIpc) is 1.74. The van der Waals surface area contributed by atoms with Crippen molar-refractivity contribution in [3.63, 3.8) is 0 Å². The van der Waals surface area contributed by atoms with E-state index < -0.39 is 218 Å². The Labute approximate surface area is 657 Å². The Hall–Kier alpha value is -10.7. The largest absolute Gasteiger partial charge is 0.481 e. The van der Waals surface area contributed by atoms with Gasteiger partial charge in [0.15, 0.2) is 0 Å². The number of carbonyl (C=O) groups is 16. The van der Waals surface area contributed by atoms with Crippen LogP contribution in [0.5, 0.6) is 0 Å². The Morgan fingerprint density at radius 3 is 1.55 bits per heavy atom. The zero-order valence-electron chi connectivity index (χ0n) is 65.8. The quantitative estimate of drug-likeness (QED) is 0.0246. The van der Waals surface area contributed by atoms with Gasteiger partial charge in [-0.05, 0) is 125 Å². The number of unbranched alkanes of at least 4 members (excludes halogenated alkanes) is 1. The minimum absolute atomic E-state index is 0.00166. The number of primary amides is 2. The molecule has 12 atom stereocenters. The van der Waals surface area contributed by atoms with E-state index in [2.05, 4.69) is 58.2 Å². The van der Waals surface area contributed by atoms with Gasteiger partial charge in [0.05, 0.1) is 32.4 Å². The fourth-order valence-corrected chi connectivity index (χ4v) is 12.8. The van der Waals surface area contributed by atoms with Gasteiger partial charge >= 0.3 is 11.9 Å². The fraction of sp³-hybridized carbons (Fsp3) is 0.605. The molecule has 626 valence electrons. The highest BCUT2D eigenvalue weighted by atomic mass is 16.5. The summed E-state index contributed by atoms with van der Waals surface area (Å²) in [6.07, 6.45) is -2.58. The Bertz CT molecular complexity index is 3730. The molecule has 113 heavy (non-hydrogen) atoms. The van der Waals surface area contributed by atoms with Crippen molar-refractivity contribution in [1.29, 1.82) is 0 Å². The van der Waals surface area contributed by atoms with Gasteiger partial charge in [-0.25, -0.2) is 4.79 Å². The van der Waals surface area contributed by atoms with Gasteiger partial charge in [-0.2, -0.15) is 0 Å². The van der Waals surface area contributed by atoms with Gasteiger partial charge in [-0.1, -0.05) is 96.5 Å². The second-order valence-electron chi connectivity index (χ2n) is 29.6. The molecule has 1 aliphatic rings. The summed E-state index contributed by atoms with van der Waals surface area (Å²) in [5.41, 5.74) is 30.6. The number of nitrogens with zero attached hydrogens (tertiary/aromatic N) is 2. The van der Waals surface area contributed by atoms with E-state index in [0.717, 1.165) is 9.80 Å². The number of fused-ring (bicyclic) bond motifs is 1. The van der Waals surface area contributed by atoms with Crippen LogP contribution in [0.25, 0.3) is 10.9 Å². The predicted molar refractivity (Wildman–Crippen MR) is 414 cm³/mol. The maximum atomic E-state index is 15.1. The number of esters is 1. The van der Waals surface area contributed by atoms with Crippen LogP contribution in [0.3, 0.4) is 0 Å². The molecule has 0 bridgehead atoms. The maximum Gasteiger partial charge on any atom is 0.329 e. The summed E-state index contributed by atoms with van der Waals surface area (Å²) in [4.78, 5) is 232. The van der Waals surface area contributed by atoms with Crippen LogP contribution in [-0.4, -0.2) is 239 Å². The number of carboxylic acid groups (broad SMARTS) is 1. The third kappa shape index (κ3) is 32.2. The Morgan fingerprint density at radius 1 is 0.513 bits per heavy atom. The molecule has 1 saturated heterocycles. The van der Waals surface area contributed by atoms with E-state index in [0.29, 0.717) is 41.3 Å². The standard InChI is InChI=1S/C76H118N18O19/c1-42(2)19-16-22-47-36-62(98)84-50(25-14-15-30-77)67(103)89-57(38-61(81)97)73(109)92-58(41-95)66(102)83-40-63(99)93(7)59(34-45-20-10-9-11-21-45)74(110)91-54(33-43(3)4)70(106)85-51(26-17-31-78)68(104)86-52(28-29-64(100)101)69(105)90-56(37-60(80)96)72(108)88-55(35-46-39-82-49-24-13-12-23-48(46)49)71(107)87-53(27-18-32-79)75(111)94(8)65(44(5)6)76(112)113-47/h9-13,20-21,23-24,39,42-44,47,50-59,65,82,95H,14-19,22,25-38,40-41,77-79H2,1-8H3,(H2,80,96)(H2,81,97)(H,83,102)(H,84,98)(H,85,106)(H,86,104)(H,87,107)(H,88,108)(H,89,103)(H,90,105)(H,91,110)(H,92,109)(H,100,101)/t47-,50+,51-,52+,53-,54+,55-,56-,57-,58+,59-,65+/m1/s1. The minimum Gasteiger partial charge on any atom is -0.481 e. The van der Waals surface area contributed by atoms with E-state index in [1.165, 1.54) is 14.1 Å². The zero-order chi connectivity index (χ0) is 84.2. The molecule has 37 nitrogen and oxygen atoms in total. The number of likely N-dealkylation sites (N-methyl/N-ethyl adjacent to an activating group) is 2. The number of carboxylic acids is 1. The number of para-hydroxylation sites is 1. The van der Waals surface area contributed by atoms with Gasteiger partial charge in [-0.3, -0.25) is 71.9 Å². The number of rotatable bonds is 29. The van der Waals surface area contributed by atoms with Crippen LogP contribution in [0.15, 0.2) is 60.8 Å². The molecule has 4 rings (SSSR count). The van der Waals surface area contributed by atoms with Crippen molar-refractivity contribution >= 4 is 106 Å². The number of aliphatic hydroxyl groups excluding tert-OH is 1. The molecule has 2 heterocycles. The van der Waals surface area contributed by atoms with E-state index in [1.54, 1.807) is 88.5 Å². The highest BCUT2D eigenvalue weighted by Crippen LogP contribution is 2.23. The Morgan fingerprint density at radius 2 is 1.00 bits per heavy atom. The van der Waals surface area contributed by atoms with Gasteiger partial charge in [0.25, 0.3) is 0 Å². The topological polar surface area (TPSA) is 595 Å². The number of ether oxygens (including phenoxy) is 1. The second kappa shape index (κ2) is 48.3. The molecule has 3 aromatic rings. The summed E-state index contributed by atoms with van der Waals surface area (Å²) < 4.78 is 6.14. The van der Waals surface area contributed by atoms with E-state index in [4.69, 9.17) is 33.4 Å². The van der Waals surface area contributed by atoms with Crippen LogP contribution in [0, 0.1) is 17.8 Å². The number of nitrogens with one attached hydrogen (secondary N) is 11. The number of cyclic esters (lactones) is 1. The lowest BCUT2D eigenvalue weighted by atomic mass is 9.99. The van der Waals surface area contributed by atoms with E-state index in [-0.39, 0.29) is 95.7 Å². The third-order valence-electron chi connectivity index (χ3n) is 19.0. The minimum atomic E-state index is -1.96. The normalized spacial score (nSPS) is 23.7. The van der Waals surface area contributed by atoms with E-state index >= 15 is 9.59 Å². The number of aromatic amines is 1. The summed E-state index contributed by atoms with van der Waals surface area (Å²) in [5, 5.41) is 46.0. The Kier molecular flexibility index (Phi) is 40.5. The number of benzene rings is 2. The highest BCUT2D eigenvalue weighted by molar-refractivity contribution is 6.01. The van der Waals surface area contributed by atoms with Crippen molar-refractivity contribution in [2.45, 2.75) is 230 Å². The highest BCUT2D eigenvalue weighted by Gasteiger charge is 2.41. The maximum absolute atomic E-state index is 15.1. The fourth-order valence-electron chi connectivity index (χ4n) is 12.8. The number of nitrogens with two attached hydrogens (primary N) is 5. The van der Waals surface area contributed by atoms with Gasteiger partial charge in [-0.15, -0.1) is 0 Å². The van der Waals surface area contributed by atoms with Crippen molar-refractivity contribution in [2.75, 3.05) is 46.9 Å². The molecule has 0 aliphatic carbocycles. The molecule has 0 saturated carbocycles. The van der Waals surface area contributed by atoms with Crippen LogP contribution in [-0.2, 0) is 94.3 Å². The van der Waals surface area contributed by atoms with E-state index in [1.807, 2.05) is 13.8 Å². The SMILES string of the molecule is CC(C)CCC[C@@H]1CC(=O)N[C@@H](CCCCN)C(=O)N[C@H](CC(N)=O)C(=O)N[C@@H](CO)C(=O)NCC(=O)N(C)[C@H](Cc2ccccc2)C(=O)N[C@@H](CC(C)C)C(=O)N[C@H](CCCN)C(=O)N[C@@H](CCC(=O)O)C(=O)N[C@H](CC(N)=O)C(=O)N[C@H](Cc2c[nH]c3ccccc23)C(=O)N[C@H](CCCN)C(=O)N(C)[C@@H](C(C)C)C(=O)O1. The number of amides is 14. The second-order valence-corrected chi connectivity index (χ2v) is 29.6. The molecular formula is C76H118N18O19. The first-order valence-corrected chi connectivity index (χ1v) is 38.3. The monoisotopic (exact) mass is 1590 g/mol. The molecular weight excluding hydrogens is 1470 g/mol. The lowest BCUT2D eigenvalue weighted by Crippen LogP contribution is -2.61. The van der Waals surface area contributed by atoms with Crippen LogP contribution < -0.4 is 81.8 Å². The first-order chi connectivity index (χ1) is 53.5. The molecule has 0 radical (unpaired) electrons. The summed E-state index contributed by atoms with van der Waals surface area (Å²) in [5.74, 6) is -17.9. The molecule has 1 aliphatic heterocycles. The number of hydrogen-bond acceptors (Lipinski definition) is 21. The third-order valence-corrected chi connectivity index (χ3v) is 19.0. The van der Waals surface area contributed by atoms with Crippen LogP contribution >= 0.6 is 0 Å². The molecule has 0 unspecified atom stereocenters. The molecule has 37 heteroatoms. The number of aromatic nitrogens is 1. The lowest BCUT2D eigenvalue weighted by molar-refractivity contribution is -0.162. The van der Waals surface area contributed by atoms with E-state index in [9.17, 15) is 77.3 Å². The van der Waals surface area contributed by atoms with Gasteiger partial charge in [0.1, 0.15) is 72.6 Å². The molecule has 14 amide bonds. The Balaban J connectivity index is 1.93. The lowest BCUT2D eigenvalue weighted by Gasteiger charge is -2.34. The zero-order valence-corrected chi connectivity index (χ0v) is 65.8. The molecule has 2 aromatic carbocycles. The smallest absolute Gasteiger partial charge is 0.329 e. The van der Waals surface area contributed by atoms with Gasteiger partial charge in [0, 0.05) is 50.5 Å².